The van der Waals surface area contributed by atoms with Crippen molar-refractivity contribution in [3.05, 3.63) is 82.1 Å². The first-order valence-corrected chi connectivity index (χ1v) is 11.9. The van der Waals surface area contributed by atoms with E-state index in [4.69, 9.17) is 9.47 Å². The number of hydrogen-bond donors (Lipinski definition) is 3. The molecule has 9 nitrogen and oxygen atoms in total. The molecule has 0 radical (unpaired) electrons. The molecule has 3 aromatic rings. The third-order valence-corrected chi connectivity index (χ3v) is 5.67. The Labute approximate surface area is 221 Å². The lowest BCUT2D eigenvalue weighted by atomic mass is 10.2. The third-order valence-electron chi connectivity index (χ3n) is 4.78. The van der Waals surface area contributed by atoms with Crippen LogP contribution in [0.3, 0.4) is 0 Å². The molecule has 0 saturated heterocycles. The van der Waals surface area contributed by atoms with E-state index in [-0.39, 0.29) is 18.2 Å². The van der Waals surface area contributed by atoms with Crippen LogP contribution < -0.4 is 25.5 Å². The number of hydrogen-bond acceptors (Lipinski definition) is 6. The number of aryl methyl sites for hydroxylation is 1. The molecule has 0 aliphatic carbocycles. The molecule has 0 fully saturated rings. The zero-order chi connectivity index (χ0) is 26.8. The molecule has 0 aromatic heterocycles. The molecule has 3 aromatic carbocycles. The van der Waals surface area contributed by atoms with Crippen molar-refractivity contribution in [2.24, 2.45) is 5.10 Å². The van der Waals surface area contributed by atoms with Crippen molar-refractivity contribution in [2.75, 3.05) is 23.8 Å². The second-order valence-corrected chi connectivity index (χ2v) is 8.43. The van der Waals surface area contributed by atoms with Gasteiger partial charge in [0.2, 0.25) is 0 Å². The van der Waals surface area contributed by atoms with Gasteiger partial charge in [-0.1, -0.05) is 28.1 Å². The van der Waals surface area contributed by atoms with Gasteiger partial charge in [-0.05, 0) is 73.5 Å². The van der Waals surface area contributed by atoms with Crippen LogP contribution in [0.4, 0.5) is 15.8 Å². The van der Waals surface area contributed by atoms with Gasteiger partial charge < -0.3 is 20.1 Å². The summed E-state index contributed by atoms with van der Waals surface area (Å²) in [6.07, 6.45) is 1.29. The summed E-state index contributed by atoms with van der Waals surface area (Å²) in [5, 5.41) is 8.68. The highest BCUT2D eigenvalue weighted by atomic mass is 79.9. The standard InChI is InChI=1S/C26H24BrFN4O5/c1-3-36-23-13-17(14-29-32-26(35)25(34)31-21-7-5-4-6-20(21)28)8-11-22(23)37-15-24(33)30-18-9-10-19(27)16(2)12-18/h4-14H,3,15H2,1-2H3,(H,30,33)(H,31,34)(H,32,35)/b29-14-. The van der Waals surface area contributed by atoms with E-state index in [1.807, 2.05) is 19.1 Å². The summed E-state index contributed by atoms with van der Waals surface area (Å²) in [6.45, 7) is 3.81. The number of nitrogens with zero attached hydrogens (tertiary/aromatic N) is 1. The molecule has 11 heteroatoms. The van der Waals surface area contributed by atoms with Gasteiger partial charge in [-0.2, -0.15) is 5.10 Å². The quantitative estimate of drug-likeness (QED) is 0.200. The first-order chi connectivity index (χ1) is 17.8. The Morgan fingerprint density at radius 3 is 2.49 bits per heavy atom. The van der Waals surface area contributed by atoms with Crippen LogP contribution in [-0.4, -0.2) is 37.1 Å². The van der Waals surface area contributed by atoms with E-state index >= 15 is 0 Å². The van der Waals surface area contributed by atoms with Crippen LogP contribution in [0.15, 0.2) is 70.2 Å². The van der Waals surface area contributed by atoms with Crippen molar-refractivity contribution in [1.82, 2.24) is 5.43 Å². The summed E-state index contributed by atoms with van der Waals surface area (Å²) in [5.74, 6) is -2.45. The van der Waals surface area contributed by atoms with E-state index < -0.39 is 17.6 Å². The molecule has 37 heavy (non-hydrogen) atoms. The maximum Gasteiger partial charge on any atom is 0.329 e. The van der Waals surface area contributed by atoms with Gasteiger partial charge in [-0.3, -0.25) is 14.4 Å². The summed E-state index contributed by atoms with van der Waals surface area (Å²) < 4.78 is 25.8. The summed E-state index contributed by atoms with van der Waals surface area (Å²) in [7, 11) is 0. The van der Waals surface area contributed by atoms with Gasteiger partial charge in [-0.25, -0.2) is 9.82 Å². The minimum atomic E-state index is -1.07. The lowest BCUT2D eigenvalue weighted by Crippen LogP contribution is -2.32. The first-order valence-electron chi connectivity index (χ1n) is 11.1. The number of anilines is 2. The molecule has 0 aliphatic rings. The molecule has 0 heterocycles. The Morgan fingerprint density at radius 1 is 0.973 bits per heavy atom. The van der Waals surface area contributed by atoms with Gasteiger partial charge in [0, 0.05) is 10.2 Å². The number of hydrazone groups is 1. The number of rotatable bonds is 9. The molecule has 0 bridgehead atoms. The second kappa shape index (κ2) is 13.2. The molecule has 3 rings (SSSR count). The minimum absolute atomic E-state index is 0.121. The zero-order valence-electron chi connectivity index (χ0n) is 20.0. The van der Waals surface area contributed by atoms with Crippen LogP contribution in [0.5, 0.6) is 11.5 Å². The molecule has 192 valence electrons. The van der Waals surface area contributed by atoms with Crippen LogP contribution >= 0.6 is 15.9 Å². The van der Waals surface area contributed by atoms with E-state index in [2.05, 4.69) is 37.1 Å². The van der Waals surface area contributed by atoms with E-state index in [1.165, 1.54) is 24.4 Å². The second-order valence-electron chi connectivity index (χ2n) is 7.57. The van der Waals surface area contributed by atoms with E-state index in [9.17, 15) is 18.8 Å². The number of para-hydroxylation sites is 1. The van der Waals surface area contributed by atoms with Crippen LogP contribution in [0, 0.1) is 12.7 Å². The molecule has 0 atom stereocenters. The Balaban J connectivity index is 1.56. The number of carbonyl (C=O) groups is 3. The maximum absolute atomic E-state index is 13.6. The van der Waals surface area contributed by atoms with Gasteiger partial charge >= 0.3 is 11.8 Å². The minimum Gasteiger partial charge on any atom is -0.490 e. The zero-order valence-corrected chi connectivity index (χ0v) is 21.6. The number of amides is 3. The summed E-state index contributed by atoms with van der Waals surface area (Å²) in [4.78, 5) is 36.2. The molecular weight excluding hydrogens is 547 g/mol. The average Bonchev–Trinajstić information content (AvgIpc) is 2.87. The molecular formula is C26H24BrFN4O5. The van der Waals surface area contributed by atoms with Crippen molar-refractivity contribution >= 4 is 51.2 Å². The Morgan fingerprint density at radius 2 is 1.76 bits per heavy atom. The predicted molar refractivity (Wildman–Crippen MR) is 141 cm³/mol. The SMILES string of the molecule is CCOc1cc(/C=N\NC(=O)C(=O)Nc2ccccc2F)ccc1OCC(=O)Nc1ccc(Br)c(C)c1. The van der Waals surface area contributed by atoms with Gasteiger partial charge in [0.25, 0.3) is 5.91 Å². The van der Waals surface area contributed by atoms with Crippen LogP contribution in [0.25, 0.3) is 0 Å². The van der Waals surface area contributed by atoms with Crippen molar-refractivity contribution in [3.63, 3.8) is 0 Å². The Bertz CT molecular complexity index is 1330. The molecule has 0 spiro atoms. The van der Waals surface area contributed by atoms with E-state index in [1.54, 1.807) is 31.2 Å². The molecule has 0 saturated carbocycles. The topological polar surface area (TPSA) is 118 Å². The highest BCUT2D eigenvalue weighted by molar-refractivity contribution is 9.10. The molecule has 0 unspecified atom stereocenters. The summed E-state index contributed by atoms with van der Waals surface area (Å²) >= 11 is 3.42. The van der Waals surface area contributed by atoms with Crippen molar-refractivity contribution in [1.29, 1.82) is 0 Å². The largest absolute Gasteiger partial charge is 0.490 e. The van der Waals surface area contributed by atoms with Crippen molar-refractivity contribution in [3.8, 4) is 11.5 Å². The smallest absolute Gasteiger partial charge is 0.329 e. The van der Waals surface area contributed by atoms with Crippen LogP contribution in [-0.2, 0) is 14.4 Å². The van der Waals surface area contributed by atoms with Crippen LogP contribution in [0.2, 0.25) is 0 Å². The number of benzene rings is 3. The van der Waals surface area contributed by atoms with Gasteiger partial charge in [0.1, 0.15) is 5.82 Å². The predicted octanol–water partition coefficient (Wildman–Crippen LogP) is 4.40. The maximum atomic E-state index is 13.6. The fourth-order valence-corrected chi connectivity index (χ4v) is 3.26. The lowest BCUT2D eigenvalue weighted by Gasteiger charge is -2.13. The van der Waals surface area contributed by atoms with Crippen molar-refractivity contribution < 1.29 is 28.2 Å². The Kier molecular flexibility index (Phi) is 9.73. The van der Waals surface area contributed by atoms with Gasteiger partial charge in [0.15, 0.2) is 18.1 Å². The highest BCUT2D eigenvalue weighted by Crippen LogP contribution is 2.28. The third kappa shape index (κ3) is 8.14. The molecule has 3 N–H and O–H groups in total. The summed E-state index contributed by atoms with van der Waals surface area (Å²) in [5.41, 5.74) is 4.11. The highest BCUT2D eigenvalue weighted by Gasteiger charge is 2.15. The summed E-state index contributed by atoms with van der Waals surface area (Å²) in [6, 6.07) is 15.7. The number of halogens is 2. The van der Waals surface area contributed by atoms with E-state index in [0.717, 1.165) is 16.1 Å². The Hall–Kier alpha value is -4.25. The fraction of sp³-hybridized carbons (Fsp3) is 0.154. The lowest BCUT2D eigenvalue weighted by molar-refractivity contribution is -0.136. The number of carbonyl (C=O) groups excluding carboxylic acids is 3. The van der Waals surface area contributed by atoms with Crippen LogP contribution in [0.1, 0.15) is 18.1 Å². The number of ether oxygens (including phenoxy) is 2. The van der Waals surface area contributed by atoms with Gasteiger partial charge in [0.05, 0.1) is 18.5 Å². The first kappa shape index (κ1) is 27.3. The van der Waals surface area contributed by atoms with Gasteiger partial charge in [-0.15, -0.1) is 0 Å². The normalized spacial score (nSPS) is 10.6. The molecule has 3 amide bonds. The molecule has 0 aliphatic heterocycles. The average molecular weight is 571 g/mol. The van der Waals surface area contributed by atoms with E-state index in [0.29, 0.717) is 29.4 Å². The number of nitrogens with one attached hydrogen (secondary N) is 3. The fourth-order valence-electron chi connectivity index (χ4n) is 3.01. The van der Waals surface area contributed by atoms with Crippen molar-refractivity contribution in [2.45, 2.75) is 13.8 Å². The monoisotopic (exact) mass is 570 g/mol.